The summed E-state index contributed by atoms with van der Waals surface area (Å²) in [6, 6.07) is 6.00. The van der Waals surface area contributed by atoms with Crippen molar-refractivity contribution in [2.24, 2.45) is 0 Å². The van der Waals surface area contributed by atoms with Crippen LogP contribution >= 0.6 is 12.4 Å². The lowest BCUT2D eigenvalue weighted by molar-refractivity contribution is 0.224. The Labute approximate surface area is 138 Å². The zero-order valence-corrected chi connectivity index (χ0v) is 14.2. The minimum Gasteiger partial charge on any atom is -0.490 e. The molecule has 0 radical (unpaired) electrons. The minimum absolute atomic E-state index is 0. The van der Waals surface area contributed by atoms with Gasteiger partial charge in [-0.05, 0) is 20.8 Å². The minimum atomic E-state index is 0. The molecule has 1 aromatic rings. The van der Waals surface area contributed by atoms with Crippen LogP contribution in [0.5, 0.6) is 11.5 Å². The van der Waals surface area contributed by atoms with E-state index in [-0.39, 0.29) is 18.5 Å². The third-order valence-electron chi connectivity index (χ3n) is 3.30. The van der Waals surface area contributed by atoms with E-state index < -0.39 is 0 Å². The van der Waals surface area contributed by atoms with Crippen molar-refractivity contribution in [2.75, 3.05) is 37.7 Å². The number of hydrogen-bond acceptors (Lipinski definition) is 5. The zero-order valence-electron chi connectivity index (χ0n) is 13.4. The molecule has 0 spiro atoms. The highest BCUT2D eigenvalue weighted by Crippen LogP contribution is 2.36. The summed E-state index contributed by atoms with van der Waals surface area (Å²) in [5.74, 6) is 1.35. The van der Waals surface area contributed by atoms with Crippen molar-refractivity contribution in [3.05, 3.63) is 17.7 Å². The highest BCUT2D eigenvalue weighted by molar-refractivity contribution is 5.85. The fourth-order valence-corrected chi connectivity index (χ4v) is 2.42. The van der Waals surface area contributed by atoms with Crippen molar-refractivity contribution in [1.82, 2.24) is 5.32 Å². The molecule has 1 aliphatic heterocycles. The van der Waals surface area contributed by atoms with Crippen LogP contribution in [0.15, 0.2) is 12.1 Å². The lowest BCUT2D eigenvalue weighted by atomic mass is 10.1. The van der Waals surface area contributed by atoms with E-state index in [0.29, 0.717) is 23.7 Å². The quantitative estimate of drug-likeness (QED) is 0.901. The Kier molecular flexibility index (Phi) is 7.30. The molecule has 1 aliphatic rings. The summed E-state index contributed by atoms with van der Waals surface area (Å²) in [6.45, 7) is 10.1. The number of piperazine rings is 1. The second kappa shape index (κ2) is 8.72. The number of nitriles is 1. The third kappa shape index (κ3) is 4.43. The molecule has 0 aliphatic carbocycles. The number of halogens is 1. The Morgan fingerprint density at radius 1 is 1.27 bits per heavy atom. The summed E-state index contributed by atoms with van der Waals surface area (Å²) in [7, 11) is 0. The number of ether oxygens (including phenoxy) is 2. The molecule has 1 aromatic carbocycles. The lowest BCUT2D eigenvalue weighted by Gasteiger charge is -2.31. The van der Waals surface area contributed by atoms with Crippen LogP contribution in [0, 0.1) is 11.3 Å². The van der Waals surface area contributed by atoms with Gasteiger partial charge in [-0.2, -0.15) is 5.26 Å². The maximum atomic E-state index is 9.43. The average molecular weight is 326 g/mol. The fourth-order valence-electron chi connectivity index (χ4n) is 2.42. The van der Waals surface area contributed by atoms with Gasteiger partial charge in [0.2, 0.25) is 0 Å². The molecule has 122 valence electrons. The number of hydrogen-bond donors (Lipinski definition) is 1. The molecule has 0 bridgehead atoms. The summed E-state index contributed by atoms with van der Waals surface area (Å²) >= 11 is 0. The third-order valence-corrected chi connectivity index (χ3v) is 3.30. The predicted molar refractivity (Wildman–Crippen MR) is 90.4 cm³/mol. The fraction of sp³-hybridized carbons (Fsp3) is 0.562. The predicted octanol–water partition coefficient (Wildman–Crippen LogP) is 2.58. The molecule has 22 heavy (non-hydrogen) atoms. The molecule has 0 atom stereocenters. The van der Waals surface area contributed by atoms with Crippen molar-refractivity contribution in [3.63, 3.8) is 0 Å². The van der Waals surface area contributed by atoms with Gasteiger partial charge < -0.3 is 19.7 Å². The van der Waals surface area contributed by atoms with E-state index in [1.807, 2.05) is 26.8 Å². The van der Waals surface area contributed by atoms with Gasteiger partial charge in [-0.1, -0.05) is 0 Å². The van der Waals surface area contributed by atoms with Crippen molar-refractivity contribution in [3.8, 4) is 17.6 Å². The Bertz CT molecular complexity index is 523. The van der Waals surface area contributed by atoms with Crippen LogP contribution in [0.3, 0.4) is 0 Å². The van der Waals surface area contributed by atoms with Crippen LogP contribution in [-0.2, 0) is 0 Å². The average Bonchev–Trinajstić information content (AvgIpc) is 2.49. The number of rotatable bonds is 5. The number of anilines is 1. The van der Waals surface area contributed by atoms with Crippen molar-refractivity contribution < 1.29 is 9.47 Å². The van der Waals surface area contributed by atoms with Gasteiger partial charge in [-0.3, -0.25) is 0 Å². The first kappa shape index (κ1) is 18.4. The summed E-state index contributed by atoms with van der Waals surface area (Å²) < 4.78 is 11.5. The normalized spacial score (nSPS) is 14.2. The SMILES string of the molecule is CCOc1cc(C#N)c(N2CCNCC2)cc1OC(C)C.Cl. The van der Waals surface area contributed by atoms with Gasteiger partial charge in [-0.25, -0.2) is 0 Å². The second-order valence-corrected chi connectivity index (χ2v) is 5.26. The molecule has 5 nitrogen and oxygen atoms in total. The van der Waals surface area contributed by atoms with Crippen LogP contribution in [0.25, 0.3) is 0 Å². The Balaban J connectivity index is 0.00000242. The summed E-state index contributed by atoms with van der Waals surface area (Å²) in [6.07, 6.45) is 0.0630. The number of nitrogens with zero attached hydrogens (tertiary/aromatic N) is 2. The van der Waals surface area contributed by atoms with Gasteiger partial charge in [0, 0.05) is 38.3 Å². The van der Waals surface area contributed by atoms with Crippen molar-refractivity contribution in [2.45, 2.75) is 26.9 Å². The Hall–Kier alpha value is -1.64. The van der Waals surface area contributed by atoms with Gasteiger partial charge in [-0.15, -0.1) is 12.4 Å². The molecular formula is C16H24ClN3O2. The maximum absolute atomic E-state index is 9.43. The second-order valence-electron chi connectivity index (χ2n) is 5.26. The van der Waals surface area contributed by atoms with E-state index in [4.69, 9.17) is 9.47 Å². The number of nitrogens with one attached hydrogen (secondary N) is 1. The van der Waals surface area contributed by atoms with Crippen LogP contribution < -0.4 is 19.7 Å². The van der Waals surface area contributed by atoms with Gasteiger partial charge in [0.1, 0.15) is 6.07 Å². The molecule has 0 unspecified atom stereocenters. The molecule has 1 saturated heterocycles. The van der Waals surface area contributed by atoms with Gasteiger partial charge in [0.25, 0.3) is 0 Å². The summed E-state index contributed by atoms with van der Waals surface area (Å²) in [5, 5.41) is 12.7. The van der Waals surface area contributed by atoms with Crippen molar-refractivity contribution >= 4 is 18.1 Å². The van der Waals surface area contributed by atoms with E-state index in [2.05, 4.69) is 16.3 Å². The Morgan fingerprint density at radius 3 is 2.50 bits per heavy atom. The molecular weight excluding hydrogens is 302 g/mol. The van der Waals surface area contributed by atoms with Crippen molar-refractivity contribution in [1.29, 1.82) is 5.26 Å². The van der Waals surface area contributed by atoms with E-state index in [1.54, 1.807) is 6.07 Å². The van der Waals surface area contributed by atoms with Crippen LogP contribution in [0.2, 0.25) is 0 Å². The van der Waals surface area contributed by atoms with E-state index in [1.165, 1.54) is 0 Å². The molecule has 0 saturated carbocycles. The first-order chi connectivity index (χ1) is 10.2. The summed E-state index contributed by atoms with van der Waals surface area (Å²) in [5.41, 5.74) is 1.56. The van der Waals surface area contributed by atoms with E-state index in [0.717, 1.165) is 31.9 Å². The molecule has 1 fully saturated rings. The van der Waals surface area contributed by atoms with Gasteiger partial charge >= 0.3 is 0 Å². The van der Waals surface area contributed by atoms with Crippen LogP contribution in [0.4, 0.5) is 5.69 Å². The highest BCUT2D eigenvalue weighted by atomic mass is 35.5. The van der Waals surface area contributed by atoms with Gasteiger partial charge in [0.15, 0.2) is 11.5 Å². The standard InChI is InChI=1S/C16H23N3O2.ClH/c1-4-20-15-9-13(11-17)14(10-16(15)21-12(2)3)19-7-5-18-6-8-19;/h9-10,12,18H,4-8H2,1-3H3;1H. The first-order valence-corrected chi connectivity index (χ1v) is 7.49. The molecule has 1 heterocycles. The molecule has 6 heteroatoms. The van der Waals surface area contributed by atoms with E-state index >= 15 is 0 Å². The molecule has 0 aromatic heterocycles. The lowest BCUT2D eigenvalue weighted by Crippen LogP contribution is -2.43. The van der Waals surface area contributed by atoms with Gasteiger partial charge in [0.05, 0.1) is 24.0 Å². The topological polar surface area (TPSA) is 57.5 Å². The maximum Gasteiger partial charge on any atom is 0.163 e. The summed E-state index contributed by atoms with van der Waals surface area (Å²) in [4.78, 5) is 2.22. The first-order valence-electron chi connectivity index (χ1n) is 7.49. The van der Waals surface area contributed by atoms with Crippen LogP contribution in [0.1, 0.15) is 26.3 Å². The monoisotopic (exact) mass is 325 g/mol. The largest absolute Gasteiger partial charge is 0.490 e. The smallest absolute Gasteiger partial charge is 0.163 e. The molecule has 0 amide bonds. The highest BCUT2D eigenvalue weighted by Gasteiger charge is 2.19. The zero-order chi connectivity index (χ0) is 15.2. The van der Waals surface area contributed by atoms with E-state index in [9.17, 15) is 5.26 Å². The number of benzene rings is 1. The molecule has 2 rings (SSSR count). The Morgan fingerprint density at radius 2 is 1.95 bits per heavy atom. The molecule has 1 N–H and O–H groups in total. The van der Waals surface area contributed by atoms with Crippen LogP contribution in [-0.4, -0.2) is 38.9 Å².